The first-order chi connectivity index (χ1) is 11.9. The van der Waals surface area contributed by atoms with Gasteiger partial charge >= 0.3 is 5.97 Å². The summed E-state index contributed by atoms with van der Waals surface area (Å²) in [6.45, 7) is 14.0. The minimum absolute atomic E-state index is 0.0168. The lowest BCUT2D eigenvalue weighted by atomic mass is 9.95. The third-order valence-electron chi connectivity index (χ3n) is 4.92. The van der Waals surface area contributed by atoms with Crippen LogP contribution in [0.25, 0.3) is 0 Å². The summed E-state index contributed by atoms with van der Waals surface area (Å²) in [6.07, 6.45) is 2.46. The quantitative estimate of drug-likeness (QED) is 0.666. The van der Waals surface area contributed by atoms with Crippen LogP contribution in [-0.2, 0) is 19.1 Å². The van der Waals surface area contributed by atoms with E-state index >= 15 is 0 Å². The van der Waals surface area contributed by atoms with Crippen LogP contribution in [0.3, 0.4) is 0 Å². The maximum absolute atomic E-state index is 12.7. The Bertz CT molecular complexity index is 512. The third kappa shape index (κ3) is 7.06. The summed E-state index contributed by atoms with van der Waals surface area (Å²) in [5, 5.41) is 2.97. The molecular weight excluding hydrogens is 332 g/mol. The molecule has 4 unspecified atom stereocenters. The minimum atomic E-state index is -0.552. The predicted octanol–water partition coefficient (Wildman–Crippen LogP) is 2.55. The topological polar surface area (TPSA) is 75.7 Å². The van der Waals surface area contributed by atoms with Gasteiger partial charge in [-0.2, -0.15) is 0 Å². The number of ether oxygens (including phenoxy) is 1. The molecule has 6 heteroatoms. The van der Waals surface area contributed by atoms with Crippen molar-refractivity contribution in [3.05, 3.63) is 0 Å². The van der Waals surface area contributed by atoms with E-state index in [9.17, 15) is 14.4 Å². The summed E-state index contributed by atoms with van der Waals surface area (Å²) < 4.78 is 5.58. The highest BCUT2D eigenvalue weighted by molar-refractivity contribution is 5.82. The van der Waals surface area contributed by atoms with E-state index in [0.29, 0.717) is 19.5 Å². The van der Waals surface area contributed by atoms with Crippen LogP contribution in [0.15, 0.2) is 0 Å². The molecule has 1 amide bonds. The van der Waals surface area contributed by atoms with Crippen LogP contribution < -0.4 is 5.32 Å². The van der Waals surface area contributed by atoms with Crippen LogP contribution in [0.1, 0.15) is 67.7 Å². The molecule has 26 heavy (non-hydrogen) atoms. The Balaban J connectivity index is 2.92. The maximum Gasteiger partial charge on any atom is 0.323 e. The van der Waals surface area contributed by atoms with Gasteiger partial charge in [0.25, 0.3) is 0 Å². The van der Waals surface area contributed by atoms with E-state index in [1.807, 2.05) is 27.7 Å². The molecule has 1 heterocycles. The highest BCUT2D eigenvalue weighted by Gasteiger charge is 2.41. The Morgan fingerprint density at radius 3 is 2.31 bits per heavy atom. The number of Topliss-reactive ketones (excluding diaryl/α,β-unsaturated/α-hetero) is 1. The van der Waals surface area contributed by atoms with Crippen molar-refractivity contribution < 1.29 is 19.1 Å². The number of rotatable bonds is 8. The van der Waals surface area contributed by atoms with E-state index in [4.69, 9.17) is 4.74 Å². The van der Waals surface area contributed by atoms with Crippen molar-refractivity contribution in [1.82, 2.24) is 10.2 Å². The molecule has 0 aromatic rings. The number of nitrogens with zero attached hydrogens (tertiary/aromatic N) is 1. The van der Waals surface area contributed by atoms with Crippen molar-refractivity contribution in [2.75, 3.05) is 13.1 Å². The van der Waals surface area contributed by atoms with Crippen LogP contribution >= 0.6 is 0 Å². The number of carbonyl (C=O) groups is 3. The van der Waals surface area contributed by atoms with Crippen LogP contribution in [0.2, 0.25) is 0 Å². The second kappa shape index (κ2) is 9.49. The number of hydrogen-bond acceptors (Lipinski definition) is 5. The zero-order valence-corrected chi connectivity index (χ0v) is 17.4. The molecule has 0 spiro atoms. The fourth-order valence-electron chi connectivity index (χ4n) is 3.62. The fourth-order valence-corrected chi connectivity index (χ4v) is 3.62. The zero-order valence-electron chi connectivity index (χ0n) is 17.4. The Kier molecular flexibility index (Phi) is 8.25. The van der Waals surface area contributed by atoms with E-state index in [2.05, 4.69) is 17.1 Å². The Hall–Kier alpha value is -1.43. The Labute approximate surface area is 158 Å². The third-order valence-corrected chi connectivity index (χ3v) is 4.92. The van der Waals surface area contributed by atoms with Gasteiger partial charge in [-0.25, -0.2) is 0 Å². The largest absolute Gasteiger partial charge is 0.459 e. The average Bonchev–Trinajstić information content (AvgIpc) is 2.88. The second-order valence-electron chi connectivity index (χ2n) is 8.58. The number of ketones is 1. The van der Waals surface area contributed by atoms with Gasteiger partial charge in [-0.15, -0.1) is 0 Å². The molecule has 0 saturated carbocycles. The molecule has 1 rings (SSSR count). The van der Waals surface area contributed by atoms with Crippen molar-refractivity contribution >= 4 is 17.7 Å². The molecule has 0 bridgehead atoms. The van der Waals surface area contributed by atoms with Crippen molar-refractivity contribution in [2.24, 2.45) is 11.8 Å². The number of hydrogen-bond donors (Lipinski definition) is 1. The first kappa shape index (κ1) is 22.6. The highest BCUT2D eigenvalue weighted by atomic mass is 16.6. The highest BCUT2D eigenvalue weighted by Crippen LogP contribution is 2.28. The molecule has 0 aromatic heterocycles. The zero-order chi connectivity index (χ0) is 20.1. The van der Waals surface area contributed by atoms with Crippen molar-refractivity contribution in [2.45, 2.75) is 85.4 Å². The summed E-state index contributed by atoms with van der Waals surface area (Å²) in [4.78, 5) is 38.1. The molecule has 6 nitrogen and oxygen atoms in total. The van der Waals surface area contributed by atoms with Gasteiger partial charge < -0.3 is 10.1 Å². The van der Waals surface area contributed by atoms with E-state index in [0.717, 1.165) is 12.8 Å². The van der Waals surface area contributed by atoms with Crippen LogP contribution in [0.5, 0.6) is 0 Å². The minimum Gasteiger partial charge on any atom is -0.459 e. The van der Waals surface area contributed by atoms with E-state index in [1.54, 1.807) is 6.92 Å². The number of nitrogens with one attached hydrogen (secondary N) is 1. The lowest BCUT2D eigenvalue weighted by molar-refractivity contribution is -0.160. The van der Waals surface area contributed by atoms with Gasteiger partial charge in [-0.05, 0) is 53.4 Å². The van der Waals surface area contributed by atoms with Gasteiger partial charge in [0.15, 0.2) is 0 Å². The Morgan fingerprint density at radius 2 is 1.85 bits per heavy atom. The lowest BCUT2D eigenvalue weighted by Crippen LogP contribution is -2.47. The molecule has 150 valence electrons. The summed E-state index contributed by atoms with van der Waals surface area (Å²) in [5.41, 5.74) is -0.552. The van der Waals surface area contributed by atoms with E-state index in [1.165, 1.54) is 6.92 Å². The second-order valence-corrected chi connectivity index (χ2v) is 8.58. The number of esters is 1. The maximum atomic E-state index is 12.7. The van der Waals surface area contributed by atoms with E-state index in [-0.39, 0.29) is 35.5 Å². The molecule has 0 aromatic carbocycles. The van der Waals surface area contributed by atoms with Crippen LogP contribution in [-0.4, -0.2) is 53.3 Å². The Morgan fingerprint density at radius 1 is 1.23 bits per heavy atom. The summed E-state index contributed by atoms with van der Waals surface area (Å²) in [5.74, 6) is -0.109. The van der Waals surface area contributed by atoms with Gasteiger partial charge in [-0.1, -0.05) is 13.3 Å². The summed E-state index contributed by atoms with van der Waals surface area (Å²) in [7, 11) is 0. The molecule has 4 atom stereocenters. The summed E-state index contributed by atoms with van der Waals surface area (Å²) in [6, 6.07) is -0.380. The molecule has 1 fully saturated rings. The van der Waals surface area contributed by atoms with Crippen LogP contribution in [0, 0.1) is 11.8 Å². The van der Waals surface area contributed by atoms with Crippen LogP contribution in [0.4, 0.5) is 0 Å². The van der Waals surface area contributed by atoms with Gasteiger partial charge in [-0.3, -0.25) is 19.3 Å². The molecule has 1 aliphatic heterocycles. The van der Waals surface area contributed by atoms with E-state index < -0.39 is 11.6 Å². The molecule has 0 aliphatic carbocycles. The van der Waals surface area contributed by atoms with Crippen molar-refractivity contribution in [1.29, 1.82) is 0 Å². The monoisotopic (exact) mass is 368 g/mol. The molecular formula is C20H36N2O4. The molecule has 1 N–H and O–H groups in total. The van der Waals surface area contributed by atoms with Gasteiger partial charge in [0.2, 0.25) is 5.91 Å². The van der Waals surface area contributed by atoms with Crippen molar-refractivity contribution in [3.63, 3.8) is 0 Å². The summed E-state index contributed by atoms with van der Waals surface area (Å²) >= 11 is 0. The average molecular weight is 369 g/mol. The first-order valence-electron chi connectivity index (χ1n) is 9.69. The standard InChI is InChI=1S/C20H36N2O4/c1-8-9-16(13(2)21-15(4)24)11-22-12-17(14(3)23)10-18(22)19(25)26-20(5,6)7/h13,16-18H,8-12H2,1-7H3,(H,21,24). The van der Waals surface area contributed by atoms with Gasteiger partial charge in [0.1, 0.15) is 17.4 Å². The normalized spacial score (nSPS) is 23.3. The SMILES string of the molecule is CCCC(CN1CC(C(C)=O)CC1C(=O)OC(C)(C)C)C(C)NC(C)=O. The van der Waals surface area contributed by atoms with Gasteiger partial charge in [0, 0.05) is 32.0 Å². The molecule has 1 saturated heterocycles. The van der Waals surface area contributed by atoms with Gasteiger partial charge in [0.05, 0.1) is 0 Å². The molecule has 1 aliphatic rings. The number of likely N-dealkylation sites (tertiary alicyclic amines) is 1. The fraction of sp³-hybridized carbons (Fsp3) is 0.850. The van der Waals surface area contributed by atoms with Crippen molar-refractivity contribution in [3.8, 4) is 0 Å². The predicted molar refractivity (Wildman–Crippen MR) is 102 cm³/mol. The molecule has 0 radical (unpaired) electrons. The first-order valence-corrected chi connectivity index (χ1v) is 9.69. The number of carbonyl (C=O) groups excluding carboxylic acids is 3. The smallest absolute Gasteiger partial charge is 0.323 e. The number of amides is 1. The lowest BCUT2D eigenvalue weighted by Gasteiger charge is -2.32.